The number of rotatable bonds is 5. The highest BCUT2D eigenvalue weighted by Gasteiger charge is 2.44. The fourth-order valence-electron chi connectivity index (χ4n) is 3.28. The van der Waals surface area contributed by atoms with Crippen molar-refractivity contribution in [3.63, 3.8) is 0 Å². The van der Waals surface area contributed by atoms with E-state index in [2.05, 4.69) is 24.9 Å². The Morgan fingerprint density at radius 2 is 2.03 bits per heavy atom. The molecule has 0 unspecified atom stereocenters. The van der Waals surface area contributed by atoms with E-state index in [0.717, 1.165) is 0 Å². The molecule has 1 fully saturated rings. The number of furan rings is 1. The Hall–Kier alpha value is -3.06. The number of ether oxygens (including phenoxy) is 1. The number of nitrogens with two attached hydrogens (primary N) is 1. The first kappa shape index (κ1) is 18.9. The number of hydrogen-bond acceptors (Lipinski definition) is 11. The summed E-state index contributed by atoms with van der Waals surface area (Å²) in [7, 11) is 0. The van der Waals surface area contributed by atoms with Crippen LogP contribution in [-0.2, 0) is 4.74 Å². The smallest absolute Gasteiger partial charge is 0.188 e. The number of hydrogen-bond donors (Lipinski definition) is 3. The second kappa shape index (κ2) is 7.65. The number of thioether (sulfide) groups is 1. The molecule has 12 heteroatoms. The van der Waals surface area contributed by atoms with E-state index in [1.807, 2.05) is 6.07 Å². The third kappa shape index (κ3) is 3.29. The Bertz CT molecular complexity index is 1170. The van der Waals surface area contributed by atoms with Crippen LogP contribution in [0.4, 0.5) is 5.82 Å². The summed E-state index contributed by atoms with van der Waals surface area (Å²) in [5.41, 5.74) is 7.30. The predicted molar refractivity (Wildman–Crippen MR) is 106 cm³/mol. The number of imidazole rings is 1. The van der Waals surface area contributed by atoms with Gasteiger partial charge >= 0.3 is 0 Å². The SMILES string of the molecule is Nc1ncnc2c1ncn2[C@@H]1O[C@H](CSc2nccc(-c3ccco3)n2)[C@@H](O)[C@H]1O. The first-order valence-electron chi connectivity index (χ1n) is 9.06. The van der Waals surface area contributed by atoms with Gasteiger partial charge in [0.2, 0.25) is 0 Å². The molecule has 4 aromatic heterocycles. The molecule has 4 N–H and O–H groups in total. The molecule has 11 nitrogen and oxygen atoms in total. The summed E-state index contributed by atoms with van der Waals surface area (Å²) in [5.74, 6) is 1.20. The molecule has 5 rings (SSSR count). The van der Waals surface area contributed by atoms with E-state index < -0.39 is 24.5 Å². The molecule has 0 bridgehead atoms. The largest absolute Gasteiger partial charge is 0.463 e. The predicted octanol–water partition coefficient (Wildman–Crippen LogP) is 0.870. The first-order chi connectivity index (χ1) is 14.6. The van der Waals surface area contributed by atoms with Gasteiger partial charge in [0.1, 0.15) is 29.7 Å². The highest BCUT2D eigenvalue weighted by Crippen LogP contribution is 2.34. The summed E-state index contributed by atoms with van der Waals surface area (Å²) in [6.07, 6.45) is 2.20. The van der Waals surface area contributed by atoms with E-state index in [1.54, 1.807) is 29.2 Å². The number of nitrogen functional groups attached to an aromatic ring is 1. The van der Waals surface area contributed by atoms with Crippen LogP contribution in [0, 0.1) is 0 Å². The van der Waals surface area contributed by atoms with E-state index in [4.69, 9.17) is 14.9 Å². The van der Waals surface area contributed by atoms with Crippen LogP contribution < -0.4 is 5.73 Å². The molecule has 0 aromatic carbocycles. The van der Waals surface area contributed by atoms with Crippen molar-refractivity contribution >= 4 is 28.7 Å². The third-order valence-corrected chi connectivity index (χ3v) is 5.73. The van der Waals surface area contributed by atoms with Crippen LogP contribution in [0.25, 0.3) is 22.6 Å². The molecule has 1 aliphatic heterocycles. The normalized spacial score (nSPS) is 23.9. The Kier molecular flexibility index (Phi) is 4.83. The monoisotopic (exact) mass is 427 g/mol. The molecule has 1 aliphatic rings. The van der Waals surface area contributed by atoms with Crippen molar-refractivity contribution in [3.05, 3.63) is 43.3 Å². The van der Waals surface area contributed by atoms with Crippen LogP contribution in [0.3, 0.4) is 0 Å². The molecule has 0 radical (unpaired) electrons. The van der Waals surface area contributed by atoms with E-state index in [0.29, 0.717) is 33.5 Å². The summed E-state index contributed by atoms with van der Waals surface area (Å²) in [6.45, 7) is 0. The zero-order chi connectivity index (χ0) is 20.7. The van der Waals surface area contributed by atoms with Gasteiger partial charge in [-0.25, -0.2) is 24.9 Å². The van der Waals surface area contributed by atoms with Crippen molar-refractivity contribution in [2.24, 2.45) is 0 Å². The quantitative estimate of drug-likeness (QED) is 0.306. The van der Waals surface area contributed by atoms with Crippen molar-refractivity contribution in [2.75, 3.05) is 11.5 Å². The minimum Gasteiger partial charge on any atom is -0.463 e. The van der Waals surface area contributed by atoms with Gasteiger partial charge in [0.15, 0.2) is 28.6 Å². The average Bonchev–Trinajstić information content (AvgIpc) is 3.49. The molecule has 0 spiro atoms. The fraction of sp³-hybridized carbons (Fsp3) is 0.278. The van der Waals surface area contributed by atoms with Crippen molar-refractivity contribution in [1.82, 2.24) is 29.5 Å². The average molecular weight is 427 g/mol. The van der Waals surface area contributed by atoms with Crippen molar-refractivity contribution in [3.8, 4) is 11.5 Å². The summed E-state index contributed by atoms with van der Waals surface area (Å²) in [5, 5.41) is 21.6. The fourth-order valence-corrected chi connectivity index (χ4v) is 4.17. The second-order valence-electron chi connectivity index (χ2n) is 6.64. The maximum absolute atomic E-state index is 10.5. The molecule has 4 aromatic rings. The zero-order valence-corrected chi connectivity index (χ0v) is 16.3. The van der Waals surface area contributed by atoms with Gasteiger partial charge in [-0.1, -0.05) is 11.8 Å². The van der Waals surface area contributed by atoms with Gasteiger partial charge in [0.25, 0.3) is 0 Å². The second-order valence-corrected chi connectivity index (χ2v) is 7.63. The zero-order valence-electron chi connectivity index (χ0n) is 15.4. The van der Waals surface area contributed by atoms with Crippen molar-refractivity contribution in [1.29, 1.82) is 0 Å². The molecule has 0 aliphatic carbocycles. The Morgan fingerprint density at radius 1 is 1.13 bits per heavy atom. The first-order valence-corrected chi connectivity index (χ1v) is 10.0. The van der Waals surface area contributed by atoms with E-state index >= 15 is 0 Å². The lowest BCUT2D eigenvalue weighted by Crippen LogP contribution is -2.32. The van der Waals surface area contributed by atoms with Crippen molar-refractivity contribution in [2.45, 2.75) is 29.7 Å². The molecule has 5 heterocycles. The van der Waals surface area contributed by atoms with Crippen LogP contribution in [0.1, 0.15) is 6.23 Å². The maximum Gasteiger partial charge on any atom is 0.188 e. The molecule has 0 amide bonds. The Labute approximate surface area is 174 Å². The lowest BCUT2D eigenvalue weighted by Gasteiger charge is -2.16. The number of fused-ring (bicyclic) bond motifs is 1. The van der Waals surface area contributed by atoms with E-state index in [-0.39, 0.29) is 5.82 Å². The molecule has 30 heavy (non-hydrogen) atoms. The standard InChI is InChI=1S/C18H17N7O4S/c19-15-12-16(22-7-21-15)25(8-23-12)17-14(27)13(26)11(29-17)6-30-18-20-4-3-9(24-18)10-2-1-5-28-10/h1-5,7-8,11,13-14,17,26-27H,6H2,(H2,19,21,22)/t11-,13-,14-,17-/m1/s1. The molecular weight excluding hydrogens is 410 g/mol. The van der Waals surface area contributed by atoms with E-state index in [1.165, 1.54) is 24.4 Å². The minimum atomic E-state index is -1.17. The van der Waals surface area contributed by atoms with Crippen LogP contribution in [0.2, 0.25) is 0 Å². The van der Waals surface area contributed by atoms with Gasteiger partial charge in [-0.3, -0.25) is 4.57 Å². The van der Waals surface area contributed by atoms with Gasteiger partial charge in [-0.05, 0) is 18.2 Å². The summed E-state index contributed by atoms with van der Waals surface area (Å²) >= 11 is 1.31. The minimum absolute atomic E-state index is 0.229. The van der Waals surface area contributed by atoms with Gasteiger partial charge < -0.3 is 25.1 Å². The van der Waals surface area contributed by atoms with Crippen LogP contribution >= 0.6 is 11.8 Å². The highest BCUT2D eigenvalue weighted by molar-refractivity contribution is 7.99. The maximum atomic E-state index is 10.5. The number of anilines is 1. The molecule has 1 saturated heterocycles. The number of aliphatic hydroxyl groups excluding tert-OH is 2. The van der Waals surface area contributed by atoms with E-state index in [9.17, 15) is 10.2 Å². The summed E-state index contributed by atoms with van der Waals surface area (Å²) in [4.78, 5) is 20.9. The Morgan fingerprint density at radius 3 is 2.87 bits per heavy atom. The molecule has 4 atom stereocenters. The van der Waals surface area contributed by atoms with Gasteiger partial charge in [0.05, 0.1) is 18.7 Å². The molecule has 154 valence electrons. The third-order valence-electron chi connectivity index (χ3n) is 4.78. The van der Waals surface area contributed by atoms with Crippen LogP contribution in [0.5, 0.6) is 0 Å². The van der Waals surface area contributed by atoms with Crippen molar-refractivity contribution < 1.29 is 19.4 Å². The lowest BCUT2D eigenvalue weighted by molar-refractivity contribution is -0.0289. The summed E-state index contributed by atoms with van der Waals surface area (Å²) < 4.78 is 12.8. The number of aliphatic hydroxyl groups is 2. The van der Waals surface area contributed by atoms with Gasteiger partial charge in [0, 0.05) is 11.9 Å². The highest BCUT2D eigenvalue weighted by atomic mass is 32.2. The lowest BCUT2D eigenvalue weighted by atomic mass is 10.1. The van der Waals surface area contributed by atoms with Gasteiger partial charge in [-0.15, -0.1) is 0 Å². The Balaban J connectivity index is 1.32. The number of aromatic nitrogens is 6. The molecular formula is C18H17N7O4S. The number of nitrogens with zero attached hydrogens (tertiary/aromatic N) is 6. The van der Waals surface area contributed by atoms with Gasteiger partial charge in [-0.2, -0.15) is 0 Å². The topological polar surface area (TPSA) is 158 Å². The van der Waals surface area contributed by atoms with Crippen LogP contribution in [0.15, 0.2) is 52.9 Å². The summed E-state index contributed by atoms with van der Waals surface area (Å²) in [6, 6.07) is 5.35. The van der Waals surface area contributed by atoms with Crippen LogP contribution in [-0.4, -0.2) is 63.8 Å². The molecule has 0 saturated carbocycles.